The third-order valence-electron chi connectivity index (χ3n) is 6.23. The molecule has 0 heterocycles. The molecule has 0 aromatic heterocycles. The summed E-state index contributed by atoms with van der Waals surface area (Å²) in [7, 11) is 0. The predicted molar refractivity (Wildman–Crippen MR) is 114 cm³/mol. The van der Waals surface area contributed by atoms with Crippen molar-refractivity contribution in [2.75, 3.05) is 0 Å². The zero-order valence-electron chi connectivity index (χ0n) is 17.9. The number of hydrogen-bond acceptors (Lipinski definition) is 1. The predicted octanol–water partition coefficient (Wildman–Crippen LogP) is 8.42. The highest BCUT2D eigenvalue weighted by molar-refractivity contribution is 5.32. The molecule has 2 rings (SSSR count). The highest BCUT2D eigenvalue weighted by atomic mass is 19.1. The minimum absolute atomic E-state index is 0.147. The molecule has 1 fully saturated rings. The van der Waals surface area contributed by atoms with Crippen molar-refractivity contribution in [3.8, 4) is 5.75 Å². The second kappa shape index (κ2) is 12.4. The van der Waals surface area contributed by atoms with Crippen LogP contribution in [0.25, 0.3) is 0 Å². The maximum atomic E-state index is 14.2. The van der Waals surface area contributed by atoms with E-state index >= 15 is 0 Å². The van der Waals surface area contributed by atoms with Crippen LogP contribution in [0, 0.1) is 11.7 Å². The van der Waals surface area contributed by atoms with E-state index in [0.29, 0.717) is 5.92 Å². The lowest BCUT2D eigenvalue weighted by atomic mass is 9.77. The lowest BCUT2D eigenvalue weighted by Gasteiger charge is -2.29. The Hall–Kier alpha value is -1.05. The molecule has 0 aliphatic heterocycles. The van der Waals surface area contributed by atoms with Crippen LogP contribution in [0.4, 0.5) is 4.39 Å². The van der Waals surface area contributed by atoms with Gasteiger partial charge in [-0.05, 0) is 75.0 Å². The van der Waals surface area contributed by atoms with Gasteiger partial charge >= 0.3 is 0 Å². The molecule has 0 radical (unpaired) electrons. The lowest BCUT2D eigenvalue weighted by Crippen LogP contribution is -2.15. The number of hydrogen-bond donors (Lipinski definition) is 0. The molecule has 0 amide bonds. The minimum Gasteiger partial charge on any atom is -0.491 e. The molecule has 1 aliphatic rings. The molecule has 154 valence electrons. The normalized spacial score (nSPS) is 21.2. The first kappa shape index (κ1) is 22.2. The Balaban J connectivity index is 1.84. The van der Waals surface area contributed by atoms with E-state index in [-0.39, 0.29) is 11.9 Å². The molecular weight excluding hydrogens is 335 g/mol. The van der Waals surface area contributed by atoms with Gasteiger partial charge in [0, 0.05) is 6.07 Å². The second-order valence-corrected chi connectivity index (χ2v) is 8.71. The fraction of sp³-hybridized carbons (Fsp3) is 0.760. The van der Waals surface area contributed by atoms with Crippen molar-refractivity contribution in [1.82, 2.24) is 0 Å². The molecule has 2 heteroatoms. The van der Waals surface area contributed by atoms with E-state index in [1.54, 1.807) is 12.1 Å². The van der Waals surface area contributed by atoms with Crippen LogP contribution in [-0.4, -0.2) is 6.10 Å². The van der Waals surface area contributed by atoms with Crippen LogP contribution in [0.5, 0.6) is 5.75 Å². The zero-order valence-corrected chi connectivity index (χ0v) is 17.9. The SMILES string of the molecule is CCCCCC[C@H](C)Oc1cc(F)cc(C2CCC(CCCCC)CC2)c1. The monoisotopic (exact) mass is 376 g/mol. The smallest absolute Gasteiger partial charge is 0.127 e. The van der Waals surface area contributed by atoms with E-state index in [2.05, 4.69) is 26.8 Å². The van der Waals surface area contributed by atoms with Gasteiger partial charge < -0.3 is 4.74 Å². The van der Waals surface area contributed by atoms with Crippen LogP contribution >= 0.6 is 0 Å². The average Bonchev–Trinajstić information content (AvgIpc) is 2.65. The van der Waals surface area contributed by atoms with E-state index < -0.39 is 0 Å². The topological polar surface area (TPSA) is 9.23 Å². The lowest BCUT2D eigenvalue weighted by molar-refractivity contribution is 0.205. The van der Waals surface area contributed by atoms with Crippen molar-refractivity contribution in [2.45, 2.75) is 116 Å². The van der Waals surface area contributed by atoms with Crippen molar-refractivity contribution < 1.29 is 9.13 Å². The molecule has 1 saturated carbocycles. The molecule has 0 bridgehead atoms. The third-order valence-corrected chi connectivity index (χ3v) is 6.23. The van der Waals surface area contributed by atoms with Crippen LogP contribution in [0.1, 0.15) is 116 Å². The van der Waals surface area contributed by atoms with Crippen molar-refractivity contribution >= 4 is 0 Å². The summed E-state index contributed by atoms with van der Waals surface area (Å²) in [4.78, 5) is 0. The van der Waals surface area contributed by atoms with Crippen LogP contribution < -0.4 is 4.74 Å². The van der Waals surface area contributed by atoms with Gasteiger partial charge in [-0.25, -0.2) is 4.39 Å². The number of rotatable bonds is 12. The fourth-order valence-electron chi connectivity index (χ4n) is 4.51. The maximum Gasteiger partial charge on any atom is 0.127 e. The standard InChI is InChI=1S/C25H41FO/c1-4-6-8-10-11-20(3)27-25-18-23(17-24(26)19-25)22-15-13-21(14-16-22)12-9-7-5-2/h17-22H,4-16H2,1-3H3/t20-,21?,22?/m0/s1. The highest BCUT2D eigenvalue weighted by Gasteiger charge is 2.23. The van der Waals surface area contributed by atoms with Crippen molar-refractivity contribution in [3.05, 3.63) is 29.6 Å². The molecule has 1 aromatic rings. The summed E-state index contributed by atoms with van der Waals surface area (Å²) >= 11 is 0. The molecule has 0 unspecified atom stereocenters. The average molecular weight is 377 g/mol. The number of halogens is 1. The first-order chi connectivity index (χ1) is 13.1. The van der Waals surface area contributed by atoms with E-state index in [9.17, 15) is 4.39 Å². The largest absolute Gasteiger partial charge is 0.491 e. The van der Waals surface area contributed by atoms with Crippen LogP contribution in [0.3, 0.4) is 0 Å². The van der Waals surface area contributed by atoms with Crippen molar-refractivity contribution in [2.24, 2.45) is 5.92 Å². The Labute approximate surface area is 167 Å². The van der Waals surface area contributed by atoms with Gasteiger partial charge in [-0.3, -0.25) is 0 Å². The van der Waals surface area contributed by atoms with Crippen molar-refractivity contribution in [1.29, 1.82) is 0 Å². The molecule has 27 heavy (non-hydrogen) atoms. The summed E-state index contributed by atoms with van der Waals surface area (Å²) in [6.45, 7) is 6.61. The van der Waals surface area contributed by atoms with E-state index in [1.807, 2.05) is 0 Å². The molecule has 1 aliphatic carbocycles. The molecule has 0 saturated heterocycles. The molecule has 1 atom stereocenters. The first-order valence-electron chi connectivity index (χ1n) is 11.6. The summed E-state index contributed by atoms with van der Waals surface area (Å²) in [6.07, 6.45) is 16.6. The number of benzene rings is 1. The Morgan fingerprint density at radius 2 is 1.63 bits per heavy atom. The van der Waals surface area contributed by atoms with Gasteiger partial charge in [0.15, 0.2) is 0 Å². The Morgan fingerprint density at radius 1 is 0.926 bits per heavy atom. The van der Waals surface area contributed by atoms with Gasteiger partial charge in [0.2, 0.25) is 0 Å². The molecule has 0 spiro atoms. The Bertz CT molecular complexity index is 519. The molecule has 0 N–H and O–H groups in total. The number of ether oxygens (including phenoxy) is 1. The van der Waals surface area contributed by atoms with Gasteiger partial charge in [-0.1, -0.05) is 58.8 Å². The first-order valence-corrected chi connectivity index (χ1v) is 11.6. The van der Waals surface area contributed by atoms with E-state index in [1.165, 1.54) is 77.0 Å². The molecule has 1 aromatic carbocycles. The summed E-state index contributed by atoms with van der Waals surface area (Å²) in [5, 5.41) is 0. The van der Waals surface area contributed by atoms with Gasteiger partial charge in [0.05, 0.1) is 6.10 Å². The van der Waals surface area contributed by atoms with Gasteiger partial charge in [0.25, 0.3) is 0 Å². The molecular formula is C25H41FO. The third kappa shape index (κ3) is 8.23. The maximum absolute atomic E-state index is 14.2. The number of unbranched alkanes of at least 4 members (excludes halogenated alkanes) is 5. The quantitative estimate of drug-likeness (QED) is 0.333. The fourth-order valence-corrected chi connectivity index (χ4v) is 4.51. The zero-order chi connectivity index (χ0) is 19.5. The van der Waals surface area contributed by atoms with Crippen LogP contribution in [0.15, 0.2) is 18.2 Å². The summed E-state index contributed by atoms with van der Waals surface area (Å²) in [6, 6.07) is 5.40. The summed E-state index contributed by atoms with van der Waals surface area (Å²) in [5.74, 6) is 1.97. The molecule has 1 nitrogen and oxygen atoms in total. The van der Waals surface area contributed by atoms with Crippen LogP contribution in [-0.2, 0) is 0 Å². The Morgan fingerprint density at radius 3 is 2.33 bits per heavy atom. The van der Waals surface area contributed by atoms with E-state index in [0.717, 1.165) is 23.7 Å². The van der Waals surface area contributed by atoms with E-state index in [4.69, 9.17) is 4.74 Å². The van der Waals surface area contributed by atoms with Crippen LogP contribution in [0.2, 0.25) is 0 Å². The second-order valence-electron chi connectivity index (χ2n) is 8.71. The minimum atomic E-state index is -0.147. The van der Waals surface area contributed by atoms with Crippen molar-refractivity contribution in [3.63, 3.8) is 0 Å². The summed E-state index contributed by atoms with van der Waals surface area (Å²) < 4.78 is 20.2. The van der Waals surface area contributed by atoms with Gasteiger partial charge in [-0.2, -0.15) is 0 Å². The van der Waals surface area contributed by atoms with Gasteiger partial charge in [-0.15, -0.1) is 0 Å². The highest BCUT2D eigenvalue weighted by Crippen LogP contribution is 2.39. The summed E-state index contributed by atoms with van der Waals surface area (Å²) in [5.41, 5.74) is 1.15. The Kier molecular flexibility index (Phi) is 10.2. The van der Waals surface area contributed by atoms with Gasteiger partial charge in [0.1, 0.15) is 11.6 Å².